The molecule has 1 fully saturated rings. The molecule has 4 rings (SSSR count). The molecule has 0 bridgehead atoms. The van der Waals surface area contributed by atoms with E-state index in [1.54, 1.807) is 12.0 Å². The van der Waals surface area contributed by atoms with Crippen molar-refractivity contribution in [1.29, 1.82) is 5.26 Å². The molecule has 2 heterocycles. The number of fused-ring (bicyclic) bond motifs is 1. The van der Waals surface area contributed by atoms with Gasteiger partial charge in [0.25, 0.3) is 5.91 Å². The monoisotopic (exact) mass is 462 g/mol. The van der Waals surface area contributed by atoms with Crippen molar-refractivity contribution in [1.82, 2.24) is 10.6 Å². The smallest absolute Gasteiger partial charge is 0.251 e. The van der Waals surface area contributed by atoms with Crippen molar-refractivity contribution in [3.05, 3.63) is 53.6 Å². The average molecular weight is 463 g/mol. The number of ether oxygens (including phenoxy) is 2. The van der Waals surface area contributed by atoms with Crippen molar-refractivity contribution >= 4 is 17.5 Å². The highest BCUT2D eigenvalue weighted by atomic mass is 16.5. The van der Waals surface area contributed by atoms with Crippen LogP contribution in [-0.4, -0.2) is 63.9 Å². The lowest BCUT2D eigenvalue weighted by molar-refractivity contribution is -0.133. The number of hydrogen-bond acceptors (Lipinski definition) is 6. The van der Waals surface area contributed by atoms with Crippen LogP contribution in [0, 0.1) is 11.3 Å². The first-order valence-electron chi connectivity index (χ1n) is 11.5. The largest absolute Gasteiger partial charge is 0.378 e. The molecule has 8 heteroatoms. The van der Waals surface area contributed by atoms with Gasteiger partial charge in [-0.15, -0.1) is 0 Å². The zero-order chi connectivity index (χ0) is 24.1. The third-order valence-electron chi connectivity index (χ3n) is 6.43. The van der Waals surface area contributed by atoms with Crippen molar-refractivity contribution in [3.63, 3.8) is 0 Å². The summed E-state index contributed by atoms with van der Waals surface area (Å²) in [6.45, 7) is 1.33. The van der Waals surface area contributed by atoms with E-state index in [1.165, 1.54) is 5.56 Å². The fraction of sp³-hybridized carbons (Fsp3) is 0.423. The minimum Gasteiger partial charge on any atom is -0.378 e. The quantitative estimate of drug-likeness (QED) is 0.679. The number of carbonyl (C=O) groups excluding carboxylic acids is 2. The highest BCUT2D eigenvalue weighted by Gasteiger charge is 2.26. The second-order valence-corrected chi connectivity index (χ2v) is 8.73. The van der Waals surface area contributed by atoms with E-state index < -0.39 is 12.1 Å². The normalized spacial score (nSPS) is 21.2. The van der Waals surface area contributed by atoms with Crippen molar-refractivity contribution < 1.29 is 19.1 Å². The van der Waals surface area contributed by atoms with Gasteiger partial charge in [-0.2, -0.15) is 5.26 Å². The van der Waals surface area contributed by atoms with Crippen LogP contribution in [-0.2, 0) is 31.9 Å². The van der Waals surface area contributed by atoms with Gasteiger partial charge in [0.1, 0.15) is 12.1 Å². The fourth-order valence-electron chi connectivity index (χ4n) is 4.34. The zero-order valence-corrected chi connectivity index (χ0v) is 19.5. The lowest BCUT2D eigenvalue weighted by atomic mass is 9.95. The summed E-state index contributed by atoms with van der Waals surface area (Å²) in [5.41, 5.74) is 5.25. The Bertz CT molecular complexity index is 1080. The maximum absolute atomic E-state index is 12.6. The van der Waals surface area contributed by atoms with E-state index in [2.05, 4.69) is 22.8 Å². The summed E-state index contributed by atoms with van der Waals surface area (Å²) in [7, 11) is 3.42. The van der Waals surface area contributed by atoms with Crippen LogP contribution < -0.4 is 15.5 Å². The SMILES string of the molecule is COC1CNCC(C(=O)NC(C#N)Cc2ccc(-c3ccc4c(c3)CCC(=O)N4C)cc2)OC1. The minimum atomic E-state index is -0.656. The Hall–Kier alpha value is -3.25. The molecule has 3 atom stereocenters. The molecule has 2 amide bonds. The van der Waals surface area contributed by atoms with Crippen LogP contribution in [0.4, 0.5) is 5.69 Å². The molecule has 0 aromatic heterocycles. The maximum Gasteiger partial charge on any atom is 0.251 e. The third kappa shape index (κ3) is 5.45. The molecule has 2 aliphatic rings. The summed E-state index contributed by atoms with van der Waals surface area (Å²) in [5.74, 6) is -0.158. The molecule has 2 aliphatic heterocycles. The number of anilines is 1. The highest BCUT2D eigenvalue weighted by molar-refractivity contribution is 5.96. The molecule has 2 N–H and O–H groups in total. The number of aryl methyl sites for hydroxylation is 1. The molecule has 0 saturated carbocycles. The number of carbonyl (C=O) groups is 2. The number of hydrogen-bond donors (Lipinski definition) is 2. The van der Waals surface area contributed by atoms with Crippen LogP contribution in [0.2, 0.25) is 0 Å². The van der Waals surface area contributed by atoms with Crippen LogP contribution in [0.25, 0.3) is 11.1 Å². The highest BCUT2D eigenvalue weighted by Crippen LogP contribution is 2.31. The molecule has 0 aliphatic carbocycles. The predicted molar refractivity (Wildman–Crippen MR) is 128 cm³/mol. The molecule has 178 valence electrons. The van der Waals surface area contributed by atoms with E-state index in [0.717, 1.165) is 28.8 Å². The van der Waals surface area contributed by atoms with Crippen LogP contribution >= 0.6 is 0 Å². The summed E-state index contributed by atoms with van der Waals surface area (Å²) in [6.07, 6.45) is 0.932. The predicted octanol–water partition coefficient (Wildman–Crippen LogP) is 1.82. The Labute approximate surface area is 199 Å². The topological polar surface area (TPSA) is 104 Å². The number of nitrogens with one attached hydrogen (secondary N) is 2. The van der Waals surface area contributed by atoms with E-state index in [-0.39, 0.29) is 17.9 Å². The van der Waals surface area contributed by atoms with Gasteiger partial charge in [-0.1, -0.05) is 30.3 Å². The molecular weight excluding hydrogens is 432 g/mol. The van der Waals surface area contributed by atoms with Gasteiger partial charge >= 0.3 is 0 Å². The number of amides is 2. The van der Waals surface area contributed by atoms with E-state index in [9.17, 15) is 14.9 Å². The second-order valence-electron chi connectivity index (χ2n) is 8.73. The summed E-state index contributed by atoms with van der Waals surface area (Å²) in [4.78, 5) is 26.3. The molecule has 0 spiro atoms. The maximum atomic E-state index is 12.6. The van der Waals surface area contributed by atoms with Gasteiger partial charge < -0.3 is 25.0 Å². The molecule has 34 heavy (non-hydrogen) atoms. The van der Waals surface area contributed by atoms with Gasteiger partial charge in [0.2, 0.25) is 5.91 Å². The Balaban J connectivity index is 1.37. The average Bonchev–Trinajstić information content (AvgIpc) is 3.12. The van der Waals surface area contributed by atoms with E-state index >= 15 is 0 Å². The van der Waals surface area contributed by atoms with Gasteiger partial charge in [-0.3, -0.25) is 9.59 Å². The Morgan fingerprint density at radius 2 is 2.00 bits per heavy atom. The van der Waals surface area contributed by atoms with Gasteiger partial charge in [-0.05, 0) is 40.8 Å². The van der Waals surface area contributed by atoms with Crippen molar-refractivity contribution in [3.8, 4) is 17.2 Å². The van der Waals surface area contributed by atoms with Crippen LogP contribution in [0.15, 0.2) is 42.5 Å². The summed E-state index contributed by atoms with van der Waals surface area (Å²) in [5, 5.41) is 15.5. The fourth-order valence-corrected chi connectivity index (χ4v) is 4.34. The van der Waals surface area contributed by atoms with E-state index in [0.29, 0.717) is 32.5 Å². The molecule has 1 saturated heterocycles. The molecule has 3 unspecified atom stereocenters. The summed E-state index contributed by atoms with van der Waals surface area (Å²) >= 11 is 0. The first kappa shape index (κ1) is 23.9. The van der Waals surface area contributed by atoms with Gasteiger partial charge in [0.05, 0.1) is 18.8 Å². The first-order valence-corrected chi connectivity index (χ1v) is 11.5. The first-order chi connectivity index (χ1) is 16.5. The summed E-state index contributed by atoms with van der Waals surface area (Å²) < 4.78 is 10.9. The zero-order valence-electron chi connectivity index (χ0n) is 19.5. The number of methoxy groups -OCH3 is 1. The van der Waals surface area contributed by atoms with E-state index in [4.69, 9.17) is 9.47 Å². The minimum absolute atomic E-state index is 0.0957. The lowest BCUT2D eigenvalue weighted by Gasteiger charge is -2.26. The number of nitrogens with zero attached hydrogens (tertiary/aromatic N) is 2. The Morgan fingerprint density at radius 1 is 1.24 bits per heavy atom. The van der Waals surface area contributed by atoms with E-state index in [1.807, 2.05) is 43.4 Å². The molecule has 2 aromatic carbocycles. The molecule has 0 radical (unpaired) electrons. The molecular formula is C26H30N4O4. The van der Waals surface area contributed by atoms with Crippen molar-refractivity contribution in [2.24, 2.45) is 0 Å². The number of benzene rings is 2. The van der Waals surface area contributed by atoms with Crippen LogP contribution in [0.1, 0.15) is 17.5 Å². The third-order valence-corrected chi connectivity index (χ3v) is 6.43. The second kappa shape index (κ2) is 10.8. The van der Waals surface area contributed by atoms with Crippen LogP contribution in [0.3, 0.4) is 0 Å². The van der Waals surface area contributed by atoms with Crippen LogP contribution in [0.5, 0.6) is 0 Å². The molecule has 8 nitrogen and oxygen atoms in total. The van der Waals surface area contributed by atoms with Gasteiger partial charge in [-0.25, -0.2) is 0 Å². The number of rotatable bonds is 6. The molecule has 2 aromatic rings. The van der Waals surface area contributed by atoms with Crippen molar-refractivity contribution in [2.75, 3.05) is 38.8 Å². The van der Waals surface area contributed by atoms with Gasteiger partial charge in [0.15, 0.2) is 0 Å². The summed E-state index contributed by atoms with van der Waals surface area (Å²) in [6, 6.07) is 15.7. The standard InChI is InChI=1S/C26H30N4O4/c1-30-23-9-7-19(12-20(23)8-10-25(30)31)18-5-3-17(4-6-18)11-21(13-27)29-26(32)24-15-28-14-22(33-2)16-34-24/h3-7,9,12,21-22,24,28H,8,10-11,14-16H2,1-2H3,(H,29,32). The van der Waals surface area contributed by atoms with Crippen molar-refractivity contribution in [2.45, 2.75) is 37.5 Å². The Kier molecular flexibility index (Phi) is 7.58. The van der Waals surface area contributed by atoms with Gasteiger partial charge in [0, 0.05) is 45.8 Å². The lowest BCUT2D eigenvalue weighted by Crippen LogP contribution is -2.46. The number of nitriles is 1. The Morgan fingerprint density at radius 3 is 2.74 bits per heavy atom.